The first kappa shape index (κ1) is 15.6. The first-order valence-corrected chi connectivity index (χ1v) is 8.46. The first-order chi connectivity index (χ1) is 12.1. The van der Waals surface area contributed by atoms with Gasteiger partial charge in [0.25, 0.3) is 0 Å². The van der Waals surface area contributed by atoms with E-state index < -0.39 is 0 Å². The van der Waals surface area contributed by atoms with E-state index in [9.17, 15) is 4.79 Å². The molecule has 0 spiro atoms. The fourth-order valence-electron chi connectivity index (χ4n) is 3.58. The van der Waals surface area contributed by atoms with E-state index in [2.05, 4.69) is 53.4 Å². The van der Waals surface area contributed by atoms with Crippen LogP contribution in [0.15, 0.2) is 60.9 Å². The highest BCUT2D eigenvalue weighted by atomic mass is 16.2. The van der Waals surface area contributed by atoms with E-state index in [0.717, 1.165) is 12.0 Å². The monoisotopic (exact) mass is 332 g/mol. The number of aromatic nitrogens is 3. The fourth-order valence-corrected chi connectivity index (χ4v) is 3.58. The molecule has 0 radical (unpaired) electrons. The molecule has 0 aliphatic carbocycles. The average Bonchev–Trinajstić information content (AvgIpc) is 3.11. The predicted molar refractivity (Wildman–Crippen MR) is 96.3 cm³/mol. The third-order valence-electron chi connectivity index (χ3n) is 4.81. The Kier molecular flexibility index (Phi) is 3.84. The number of hydrogen-bond acceptors (Lipinski definition) is 3. The number of fused-ring (bicyclic) bond motifs is 1. The van der Waals surface area contributed by atoms with Gasteiger partial charge in [-0.25, -0.2) is 4.68 Å². The van der Waals surface area contributed by atoms with Gasteiger partial charge in [-0.2, -0.15) is 10.1 Å². The van der Waals surface area contributed by atoms with Crippen molar-refractivity contribution >= 4 is 11.9 Å². The van der Waals surface area contributed by atoms with Gasteiger partial charge in [-0.3, -0.25) is 9.69 Å². The summed E-state index contributed by atoms with van der Waals surface area (Å²) in [6.07, 6.45) is 2.29. The molecule has 0 bridgehead atoms. The smallest absolute Gasteiger partial charge is 0.231 e. The van der Waals surface area contributed by atoms with E-state index in [0.29, 0.717) is 5.95 Å². The number of rotatable bonds is 2. The third kappa shape index (κ3) is 2.71. The van der Waals surface area contributed by atoms with E-state index in [4.69, 9.17) is 0 Å². The van der Waals surface area contributed by atoms with Crippen LogP contribution in [0.2, 0.25) is 0 Å². The van der Waals surface area contributed by atoms with Crippen molar-refractivity contribution in [1.82, 2.24) is 14.8 Å². The Morgan fingerprint density at radius 3 is 2.36 bits per heavy atom. The summed E-state index contributed by atoms with van der Waals surface area (Å²) in [5.41, 5.74) is 3.50. The summed E-state index contributed by atoms with van der Waals surface area (Å²) >= 11 is 0. The van der Waals surface area contributed by atoms with Crippen molar-refractivity contribution in [1.29, 1.82) is 0 Å². The lowest BCUT2D eigenvalue weighted by Gasteiger charge is -2.38. The Hall–Kier alpha value is -2.95. The maximum absolute atomic E-state index is 12.4. The molecule has 0 saturated heterocycles. The number of carbonyl (C=O) groups excluding carboxylic acids is 1. The number of aryl methyl sites for hydroxylation is 1. The normalized spacial score (nSPS) is 19.5. The number of amides is 1. The molecule has 4 rings (SSSR count). The van der Waals surface area contributed by atoms with Crippen LogP contribution < -0.4 is 4.90 Å². The van der Waals surface area contributed by atoms with E-state index in [-0.39, 0.29) is 18.0 Å². The van der Waals surface area contributed by atoms with Gasteiger partial charge in [0.05, 0.1) is 12.1 Å². The summed E-state index contributed by atoms with van der Waals surface area (Å²) in [6, 6.07) is 18.7. The van der Waals surface area contributed by atoms with Crippen molar-refractivity contribution in [2.75, 3.05) is 4.90 Å². The van der Waals surface area contributed by atoms with E-state index in [1.165, 1.54) is 17.5 Å². The Morgan fingerprint density at radius 1 is 1.00 bits per heavy atom. The molecule has 2 aromatic carbocycles. The van der Waals surface area contributed by atoms with Gasteiger partial charge < -0.3 is 0 Å². The predicted octanol–water partition coefficient (Wildman–Crippen LogP) is 3.67. The lowest BCUT2D eigenvalue weighted by atomic mass is 9.91. The van der Waals surface area contributed by atoms with Crippen LogP contribution in [0, 0.1) is 6.92 Å². The second-order valence-electron chi connectivity index (χ2n) is 6.48. The van der Waals surface area contributed by atoms with Crippen LogP contribution in [0.25, 0.3) is 0 Å². The molecule has 2 heterocycles. The van der Waals surface area contributed by atoms with Crippen molar-refractivity contribution in [2.24, 2.45) is 0 Å². The SMILES string of the molecule is CC(=O)N1c2ncnn2[C@@H](c2ccccc2)C[C@@H]1c1ccc(C)cc1. The third-order valence-corrected chi connectivity index (χ3v) is 4.81. The summed E-state index contributed by atoms with van der Waals surface area (Å²) in [4.78, 5) is 18.5. The molecule has 0 fully saturated rings. The summed E-state index contributed by atoms with van der Waals surface area (Å²) < 4.78 is 1.86. The van der Waals surface area contributed by atoms with Crippen molar-refractivity contribution in [3.05, 3.63) is 77.6 Å². The Bertz CT molecular complexity index is 886. The zero-order chi connectivity index (χ0) is 17.4. The van der Waals surface area contributed by atoms with Crippen molar-refractivity contribution in [3.63, 3.8) is 0 Å². The highest BCUT2D eigenvalue weighted by Gasteiger charge is 2.37. The molecule has 0 unspecified atom stereocenters. The molecular formula is C20H20N4O. The van der Waals surface area contributed by atoms with Crippen LogP contribution in [0.1, 0.15) is 42.1 Å². The molecule has 1 aromatic heterocycles. The van der Waals surface area contributed by atoms with E-state index >= 15 is 0 Å². The Morgan fingerprint density at radius 2 is 1.68 bits per heavy atom. The summed E-state index contributed by atoms with van der Waals surface area (Å²) in [5.74, 6) is 0.588. The fraction of sp³-hybridized carbons (Fsp3) is 0.250. The van der Waals surface area contributed by atoms with Crippen LogP contribution in [-0.4, -0.2) is 20.7 Å². The van der Waals surface area contributed by atoms with Crippen molar-refractivity contribution in [2.45, 2.75) is 32.4 Å². The van der Waals surface area contributed by atoms with Crippen molar-refractivity contribution in [3.8, 4) is 0 Å². The van der Waals surface area contributed by atoms with Gasteiger partial charge in [0.2, 0.25) is 11.9 Å². The van der Waals surface area contributed by atoms with Crippen LogP contribution >= 0.6 is 0 Å². The molecule has 0 saturated carbocycles. The summed E-state index contributed by atoms with van der Waals surface area (Å²) in [5, 5.41) is 4.40. The molecule has 5 heteroatoms. The zero-order valence-electron chi connectivity index (χ0n) is 14.3. The highest BCUT2D eigenvalue weighted by Crippen LogP contribution is 2.41. The number of carbonyl (C=O) groups is 1. The van der Waals surface area contributed by atoms with Crippen LogP contribution in [0.4, 0.5) is 5.95 Å². The van der Waals surface area contributed by atoms with Gasteiger partial charge in [-0.1, -0.05) is 60.2 Å². The van der Waals surface area contributed by atoms with Crippen LogP contribution in [-0.2, 0) is 4.79 Å². The van der Waals surface area contributed by atoms with Gasteiger partial charge in [0.1, 0.15) is 6.33 Å². The van der Waals surface area contributed by atoms with Crippen molar-refractivity contribution < 1.29 is 4.79 Å². The van der Waals surface area contributed by atoms with Gasteiger partial charge in [-0.15, -0.1) is 0 Å². The number of nitrogens with zero attached hydrogens (tertiary/aromatic N) is 4. The molecule has 2 atom stereocenters. The van der Waals surface area contributed by atoms with Crippen LogP contribution in [0.3, 0.4) is 0 Å². The molecular weight excluding hydrogens is 312 g/mol. The molecule has 5 nitrogen and oxygen atoms in total. The quantitative estimate of drug-likeness (QED) is 0.719. The lowest BCUT2D eigenvalue weighted by molar-refractivity contribution is -0.117. The zero-order valence-corrected chi connectivity index (χ0v) is 14.3. The second-order valence-corrected chi connectivity index (χ2v) is 6.48. The van der Waals surface area contributed by atoms with E-state index in [1.807, 2.05) is 22.9 Å². The number of benzene rings is 2. The second kappa shape index (κ2) is 6.16. The lowest BCUT2D eigenvalue weighted by Crippen LogP contribution is -2.41. The van der Waals surface area contributed by atoms with Gasteiger partial charge in [0.15, 0.2) is 0 Å². The highest BCUT2D eigenvalue weighted by molar-refractivity contribution is 5.90. The average molecular weight is 332 g/mol. The minimum absolute atomic E-state index is 0.0219. The largest absolute Gasteiger partial charge is 0.275 e. The summed E-state index contributed by atoms with van der Waals surface area (Å²) in [7, 11) is 0. The van der Waals surface area contributed by atoms with Crippen LogP contribution in [0.5, 0.6) is 0 Å². The molecule has 1 aliphatic rings. The Balaban J connectivity index is 1.84. The molecule has 3 aromatic rings. The first-order valence-electron chi connectivity index (χ1n) is 8.46. The standard InChI is InChI=1S/C20H20N4O/c1-14-8-10-17(11-9-14)18-12-19(16-6-4-3-5-7-16)24-20(21-13-22-24)23(18)15(2)25/h3-11,13,18-19H,12H2,1-2H3/t18-,19-/m1/s1. The maximum Gasteiger partial charge on any atom is 0.231 e. The summed E-state index contributed by atoms with van der Waals surface area (Å²) in [6.45, 7) is 3.65. The molecule has 25 heavy (non-hydrogen) atoms. The molecule has 0 N–H and O–H groups in total. The van der Waals surface area contributed by atoms with Gasteiger partial charge in [-0.05, 0) is 24.5 Å². The minimum atomic E-state index is -0.0555. The number of anilines is 1. The minimum Gasteiger partial charge on any atom is -0.275 e. The van der Waals surface area contributed by atoms with Gasteiger partial charge >= 0.3 is 0 Å². The number of hydrogen-bond donors (Lipinski definition) is 0. The topological polar surface area (TPSA) is 51.0 Å². The Labute approximate surface area is 146 Å². The maximum atomic E-state index is 12.4. The van der Waals surface area contributed by atoms with Gasteiger partial charge in [0, 0.05) is 6.92 Å². The van der Waals surface area contributed by atoms with E-state index in [1.54, 1.807) is 11.8 Å². The molecule has 1 amide bonds. The molecule has 1 aliphatic heterocycles. The molecule has 126 valence electrons.